The van der Waals surface area contributed by atoms with Gasteiger partial charge in [0.15, 0.2) is 5.78 Å². The largest absolute Gasteiger partial charge is 0.384 e. The predicted molar refractivity (Wildman–Crippen MR) is 114 cm³/mol. The van der Waals surface area contributed by atoms with Crippen LogP contribution < -0.4 is 17.0 Å². The van der Waals surface area contributed by atoms with Gasteiger partial charge in [0.05, 0.1) is 13.1 Å². The lowest BCUT2D eigenvalue weighted by atomic mass is 9.91. The van der Waals surface area contributed by atoms with E-state index in [2.05, 4.69) is 18.7 Å². The number of hydrogen-bond donors (Lipinski definition) is 1. The van der Waals surface area contributed by atoms with Crippen molar-refractivity contribution >= 4 is 11.6 Å². The van der Waals surface area contributed by atoms with Gasteiger partial charge in [0.2, 0.25) is 0 Å². The molecule has 1 aromatic heterocycles. The summed E-state index contributed by atoms with van der Waals surface area (Å²) >= 11 is 0. The molecule has 7 nitrogen and oxygen atoms in total. The summed E-state index contributed by atoms with van der Waals surface area (Å²) in [6, 6.07) is 9.39. The lowest BCUT2D eigenvalue weighted by Gasteiger charge is -2.34. The number of nitrogens with zero attached hydrogens (tertiary/aromatic N) is 3. The van der Waals surface area contributed by atoms with Crippen LogP contribution in [0.4, 0.5) is 5.82 Å². The maximum Gasteiger partial charge on any atom is 0.332 e. The van der Waals surface area contributed by atoms with Crippen LogP contribution in [0.15, 0.2) is 39.9 Å². The minimum Gasteiger partial charge on any atom is -0.384 e. The number of Topliss-reactive ketones (excluding diaryl/α,β-unsaturated/α-hetero) is 1. The van der Waals surface area contributed by atoms with E-state index in [1.807, 2.05) is 30.3 Å². The number of nitrogens with two attached hydrogens (primary N) is 1. The van der Waals surface area contributed by atoms with E-state index in [-0.39, 0.29) is 36.8 Å². The van der Waals surface area contributed by atoms with Gasteiger partial charge in [-0.05, 0) is 30.7 Å². The summed E-state index contributed by atoms with van der Waals surface area (Å²) in [5.41, 5.74) is 5.94. The Morgan fingerprint density at radius 2 is 1.69 bits per heavy atom. The Balaban J connectivity index is 1.99. The van der Waals surface area contributed by atoms with Gasteiger partial charge in [-0.25, -0.2) is 4.79 Å². The van der Waals surface area contributed by atoms with Crippen LogP contribution in [-0.2, 0) is 13.1 Å². The second kappa shape index (κ2) is 8.78. The van der Waals surface area contributed by atoms with E-state index < -0.39 is 11.2 Å². The lowest BCUT2D eigenvalue weighted by molar-refractivity contribution is 0.0847. The fourth-order valence-corrected chi connectivity index (χ4v) is 4.38. The topological polar surface area (TPSA) is 90.3 Å². The second-order valence-corrected chi connectivity index (χ2v) is 8.23. The summed E-state index contributed by atoms with van der Waals surface area (Å²) in [5.74, 6) is 0.640. The third-order valence-corrected chi connectivity index (χ3v) is 5.56. The van der Waals surface area contributed by atoms with Crippen LogP contribution in [-0.4, -0.2) is 39.5 Å². The first-order valence-electron chi connectivity index (χ1n) is 10.2. The van der Waals surface area contributed by atoms with Gasteiger partial charge in [0.1, 0.15) is 11.4 Å². The van der Waals surface area contributed by atoms with Gasteiger partial charge in [-0.3, -0.25) is 23.6 Å². The Bertz CT molecular complexity index is 984. The molecule has 1 aliphatic rings. The molecule has 1 saturated heterocycles. The molecule has 1 fully saturated rings. The fourth-order valence-electron chi connectivity index (χ4n) is 4.38. The zero-order chi connectivity index (χ0) is 21.1. The molecule has 3 rings (SSSR count). The molecule has 2 N–H and O–H groups in total. The third kappa shape index (κ3) is 4.50. The number of likely N-dealkylation sites (tertiary alicyclic amines) is 1. The quantitative estimate of drug-likeness (QED) is 0.750. The van der Waals surface area contributed by atoms with E-state index in [0.29, 0.717) is 11.8 Å². The first-order chi connectivity index (χ1) is 13.8. The summed E-state index contributed by atoms with van der Waals surface area (Å²) in [6.07, 6.45) is 1.14. The zero-order valence-corrected chi connectivity index (χ0v) is 17.4. The Kier molecular flexibility index (Phi) is 6.37. The van der Waals surface area contributed by atoms with Gasteiger partial charge in [0, 0.05) is 19.6 Å². The van der Waals surface area contributed by atoms with Crippen LogP contribution in [0.3, 0.4) is 0 Å². The number of nitrogen functional groups attached to an aromatic ring is 1. The summed E-state index contributed by atoms with van der Waals surface area (Å²) in [4.78, 5) is 40.9. The molecular formula is C22H30N4O3. The molecule has 2 heterocycles. The number of ketones is 1. The number of carbonyl (C=O) groups is 1. The number of rotatable bonds is 6. The third-order valence-electron chi connectivity index (χ3n) is 5.56. The summed E-state index contributed by atoms with van der Waals surface area (Å²) in [6.45, 7) is 8.24. The molecule has 0 amide bonds. The van der Waals surface area contributed by atoms with Crippen molar-refractivity contribution in [2.75, 3.05) is 25.4 Å². The molecular weight excluding hydrogens is 368 g/mol. The highest BCUT2D eigenvalue weighted by atomic mass is 16.2. The molecule has 2 aromatic rings. The number of benzene rings is 1. The summed E-state index contributed by atoms with van der Waals surface area (Å²) < 4.78 is 2.42. The Hall–Kier alpha value is -2.67. The monoisotopic (exact) mass is 398 g/mol. The maximum absolute atomic E-state index is 13.1. The number of piperidine rings is 1. The minimum absolute atomic E-state index is 0.0448. The average molecular weight is 399 g/mol. The van der Waals surface area contributed by atoms with E-state index in [0.717, 1.165) is 29.6 Å². The highest BCUT2D eigenvalue weighted by Crippen LogP contribution is 2.21. The maximum atomic E-state index is 13.1. The first kappa shape index (κ1) is 21.0. The summed E-state index contributed by atoms with van der Waals surface area (Å²) in [7, 11) is 0. The van der Waals surface area contributed by atoms with Crippen molar-refractivity contribution in [3.8, 4) is 0 Å². The van der Waals surface area contributed by atoms with Gasteiger partial charge >= 0.3 is 5.69 Å². The van der Waals surface area contributed by atoms with Gasteiger partial charge in [-0.2, -0.15) is 0 Å². The molecule has 0 spiro atoms. The molecule has 0 radical (unpaired) electrons. The van der Waals surface area contributed by atoms with Crippen molar-refractivity contribution in [2.45, 2.75) is 40.3 Å². The van der Waals surface area contributed by atoms with Crippen molar-refractivity contribution in [1.29, 1.82) is 0 Å². The van der Waals surface area contributed by atoms with Crippen LogP contribution in [0.5, 0.6) is 0 Å². The van der Waals surface area contributed by atoms with Gasteiger partial charge < -0.3 is 5.73 Å². The molecule has 0 saturated carbocycles. The van der Waals surface area contributed by atoms with Crippen LogP contribution in [0.25, 0.3) is 0 Å². The fraction of sp³-hybridized carbons (Fsp3) is 0.500. The Morgan fingerprint density at radius 1 is 1.07 bits per heavy atom. The molecule has 29 heavy (non-hydrogen) atoms. The minimum atomic E-state index is -0.595. The normalized spacial score (nSPS) is 20.0. The molecule has 0 bridgehead atoms. The van der Waals surface area contributed by atoms with E-state index in [1.165, 1.54) is 4.57 Å². The lowest BCUT2D eigenvalue weighted by Crippen LogP contribution is -2.46. The number of anilines is 1. The van der Waals surface area contributed by atoms with Crippen molar-refractivity contribution in [1.82, 2.24) is 14.0 Å². The highest BCUT2D eigenvalue weighted by Gasteiger charge is 2.27. The van der Waals surface area contributed by atoms with Crippen LogP contribution in [0, 0.1) is 11.8 Å². The number of aromatic nitrogens is 2. The van der Waals surface area contributed by atoms with Crippen LogP contribution >= 0.6 is 0 Å². The molecule has 0 unspecified atom stereocenters. The van der Waals surface area contributed by atoms with E-state index in [9.17, 15) is 14.4 Å². The van der Waals surface area contributed by atoms with Gasteiger partial charge in [-0.1, -0.05) is 44.2 Å². The van der Waals surface area contributed by atoms with Crippen molar-refractivity contribution in [2.24, 2.45) is 11.8 Å². The standard InChI is InChI=1S/C22H30N4O3/c1-4-25-21(28)19(18(27)14-24-11-15(2)10-16(3)12-24)20(23)26(22(25)29)13-17-8-6-5-7-9-17/h5-9,15-16H,4,10-14,23H2,1-3H3/t15-,16-/m0/s1. The molecule has 2 atom stereocenters. The van der Waals surface area contributed by atoms with Crippen molar-refractivity contribution in [3.05, 3.63) is 62.3 Å². The van der Waals surface area contributed by atoms with E-state index >= 15 is 0 Å². The predicted octanol–water partition coefficient (Wildman–Crippen LogP) is 1.82. The average Bonchev–Trinajstić information content (AvgIpc) is 2.65. The van der Waals surface area contributed by atoms with Crippen molar-refractivity contribution in [3.63, 3.8) is 0 Å². The molecule has 1 aliphatic heterocycles. The smallest absolute Gasteiger partial charge is 0.332 e. The Labute approximate surface area is 170 Å². The van der Waals surface area contributed by atoms with E-state index in [1.54, 1.807) is 6.92 Å². The molecule has 156 valence electrons. The van der Waals surface area contributed by atoms with Gasteiger partial charge in [-0.15, -0.1) is 0 Å². The highest BCUT2D eigenvalue weighted by molar-refractivity contribution is 6.01. The van der Waals surface area contributed by atoms with Crippen molar-refractivity contribution < 1.29 is 4.79 Å². The van der Waals surface area contributed by atoms with Crippen LogP contribution in [0.1, 0.15) is 43.1 Å². The summed E-state index contributed by atoms with van der Waals surface area (Å²) in [5, 5.41) is 0. The van der Waals surface area contributed by atoms with E-state index in [4.69, 9.17) is 5.73 Å². The SMILES string of the molecule is CCn1c(=O)c(C(=O)CN2C[C@@H](C)C[C@H](C)C2)c(N)n(Cc2ccccc2)c1=O. The van der Waals surface area contributed by atoms with Crippen LogP contribution in [0.2, 0.25) is 0 Å². The second-order valence-electron chi connectivity index (χ2n) is 8.23. The first-order valence-corrected chi connectivity index (χ1v) is 10.2. The Morgan fingerprint density at radius 3 is 2.28 bits per heavy atom. The molecule has 7 heteroatoms. The zero-order valence-electron chi connectivity index (χ0n) is 17.4. The molecule has 0 aliphatic carbocycles. The number of hydrogen-bond acceptors (Lipinski definition) is 5. The van der Waals surface area contributed by atoms with Gasteiger partial charge in [0.25, 0.3) is 5.56 Å². The molecule has 1 aromatic carbocycles. The number of carbonyl (C=O) groups excluding carboxylic acids is 1.